The largest absolute Gasteiger partial charge is 0.264 e. The van der Waals surface area contributed by atoms with E-state index in [1.807, 2.05) is 42.5 Å². The molecule has 3 nitrogen and oxygen atoms in total. The summed E-state index contributed by atoms with van der Waals surface area (Å²) in [4.78, 5) is 0.247. The summed E-state index contributed by atoms with van der Waals surface area (Å²) in [6.07, 6.45) is 5.57. The normalized spacial score (nSPS) is 10.8. The molecule has 0 saturated heterocycles. The fraction of sp³-hybridized carbons (Fsp3) is 0.0476. The molecule has 0 radical (unpaired) electrons. The molecule has 0 saturated carbocycles. The van der Waals surface area contributed by atoms with Crippen LogP contribution >= 0.6 is 0 Å². The summed E-state index contributed by atoms with van der Waals surface area (Å²) in [7, 11) is -3.71. The van der Waals surface area contributed by atoms with Gasteiger partial charge in [0, 0.05) is 5.56 Å². The third-order valence-electron chi connectivity index (χ3n) is 3.86. The van der Waals surface area contributed by atoms with Crippen molar-refractivity contribution in [3.63, 3.8) is 0 Å². The van der Waals surface area contributed by atoms with Crippen molar-refractivity contribution in [1.82, 2.24) is 0 Å². The van der Waals surface area contributed by atoms with Crippen molar-refractivity contribution in [3.8, 4) is 12.3 Å². The van der Waals surface area contributed by atoms with Crippen LogP contribution in [0.5, 0.6) is 0 Å². The first-order valence-corrected chi connectivity index (χ1v) is 9.24. The molecule has 124 valence electrons. The second kappa shape index (κ2) is 7.25. The van der Waals surface area contributed by atoms with Crippen LogP contribution in [-0.2, 0) is 16.6 Å². The summed E-state index contributed by atoms with van der Waals surface area (Å²) >= 11 is 0. The molecule has 0 aliphatic rings. The maximum atomic E-state index is 13.2. The first-order chi connectivity index (χ1) is 12.1. The van der Waals surface area contributed by atoms with E-state index >= 15 is 0 Å². The molecular weight excluding hydrogens is 330 g/mol. The van der Waals surface area contributed by atoms with Gasteiger partial charge in [0.25, 0.3) is 10.0 Å². The number of para-hydroxylation sites is 1. The Morgan fingerprint density at radius 1 is 0.800 bits per heavy atom. The molecule has 0 heterocycles. The van der Waals surface area contributed by atoms with Gasteiger partial charge in [-0.05, 0) is 35.9 Å². The van der Waals surface area contributed by atoms with E-state index < -0.39 is 10.0 Å². The molecule has 0 fully saturated rings. The Morgan fingerprint density at radius 2 is 1.36 bits per heavy atom. The van der Waals surface area contributed by atoms with Crippen molar-refractivity contribution < 1.29 is 8.42 Å². The van der Waals surface area contributed by atoms with Gasteiger partial charge in [-0.1, -0.05) is 60.5 Å². The summed E-state index contributed by atoms with van der Waals surface area (Å²) in [6, 6.07) is 24.8. The lowest BCUT2D eigenvalue weighted by atomic mass is 10.1. The highest BCUT2D eigenvalue weighted by Crippen LogP contribution is 2.26. The minimum atomic E-state index is -3.71. The number of rotatable bonds is 5. The Morgan fingerprint density at radius 3 is 2.00 bits per heavy atom. The highest BCUT2D eigenvalue weighted by atomic mass is 32.2. The second-order valence-electron chi connectivity index (χ2n) is 5.46. The fourth-order valence-electron chi connectivity index (χ4n) is 2.58. The predicted molar refractivity (Wildman–Crippen MR) is 101 cm³/mol. The molecule has 0 atom stereocenters. The molecule has 0 aliphatic heterocycles. The van der Waals surface area contributed by atoms with Gasteiger partial charge in [-0.25, -0.2) is 8.42 Å². The van der Waals surface area contributed by atoms with Gasteiger partial charge in [0.05, 0.1) is 17.1 Å². The van der Waals surface area contributed by atoms with Crippen LogP contribution < -0.4 is 4.31 Å². The van der Waals surface area contributed by atoms with Gasteiger partial charge in [-0.2, -0.15) is 0 Å². The SMILES string of the molecule is C#Cc1ccccc1CN(c1ccccc1)S(=O)(=O)c1ccccc1. The topological polar surface area (TPSA) is 37.4 Å². The Bertz CT molecular complexity index is 991. The average molecular weight is 347 g/mol. The van der Waals surface area contributed by atoms with Gasteiger partial charge in [-0.15, -0.1) is 6.42 Å². The first-order valence-electron chi connectivity index (χ1n) is 7.80. The van der Waals surface area contributed by atoms with Crippen LogP contribution in [0.1, 0.15) is 11.1 Å². The van der Waals surface area contributed by atoms with Crippen molar-refractivity contribution in [2.24, 2.45) is 0 Å². The lowest BCUT2D eigenvalue weighted by Gasteiger charge is -2.25. The monoisotopic (exact) mass is 347 g/mol. The lowest BCUT2D eigenvalue weighted by molar-refractivity contribution is 0.590. The number of nitrogens with zero attached hydrogens (tertiary/aromatic N) is 1. The van der Waals surface area contributed by atoms with Crippen molar-refractivity contribution in [2.75, 3.05) is 4.31 Å². The molecule has 0 unspecified atom stereocenters. The maximum absolute atomic E-state index is 13.2. The number of benzene rings is 3. The molecule has 4 heteroatoms. The van der Waals surface area contributed by atoms with Crippen molar-refractivity contribution in [2.45, 2.75) is 11.4 Å². The molecule has 25 heavy (non-hydrogen) atoms. The van der Waals surface area contributed by atoms with Gasteiger partial charge in [0.1, 0.15) is 0 Å². The number of hydrogen-bond acceptors (Lipinski definition) is 2. The molecule has 0 bridgehead atoms. The van der Waals surface area contributed by atoms with E-state index in [1.165, 1.54) is 4.31 Å². The van der Waals surface area contributed by atoms with Crippen LogP contribution in [0.25, 0.3) is 0 Å². The standard InChI is InChI=1S/C21H17NO2S/c1-2-18-11-9-10-12-19(18)17-22(20-13-5-3-6-14-20)25(23,24)21-15-7-4-8-16-21/h1,3-16H,17H2. The van der Waals surface area contributed by atoms with Gasteiger partial charge in [-0.3, -0.25) is 4.31 Å². The smallest absolute Gasteiger partial charge is 0.262 e. The summed E-state index contributed by atoms with van der Waals surface area (Å²) < 4.78 is 27.8. The average Bonchev–Trinajstić information content (AvgIpc) is 2.67. The zero-order valence-corrected chi connectivity index (χ0v) is 14.4. The zero-order valence-electron chi connectivity index (χ0n) is 13.5. The highest BCUT2D eigenvalue weighted by molar-refractivity contribution is 7.92. The molecular formula is C21H17NO2S. The number of hydrogen-bond donors (Lipinski definition) is 0. The Hall–Kier alpha value is -3.03. The predicted octanol–water partition coefficient (Wildman–Crippen LogP) is 4.06. The van der Waals surface area contributed by atoms with Crippen LogP contribution in [0, 0.1) is 12.3 Å². The lowest BCUT2D eigenvalue weighted by Crippen LogP contribution is -2.30. The van der Waals surface area contributed by atoms with Crippen molar-refractivity contribution in [3.05, 3.63) is 96.1 Å². The van der Waals surface area contributed by atoms with Crippen molar-refractivity contribution >= 4 is 15.7 Å². The Kier molecular flexibility index (Phi) is 4.87. The molecule has 0 amide bonds. The van der Waals surface area contributed by atoms with Gasteiger partial charge in [0.2, 0.25) is 0 Å². The molecule has 0 N–H and O–H groups in total. The third-order valence-corrected chi connectivity index (χ3v) is 5.65. The van der Waals surface area contributed by atoms with E-state index in [0.29, 0.717) is 11.3 Å². The van der Waals surface area contributed by atoms with Gasteiger partial charge < -0.3 is 0 Å². The molecule has 3 rings (SSSR count). The van der Waals surface area contributed by atoms with Crippen LogP contribution in [0.15, 0.2) is 89.8 Å². The molecule has 3 aromatic carbocycles. The summed E-state index contributed by atoms with van der Waals surface area (Å²) in [5.74, 6) is 2.62. The zero-order chi connectivity index (χ0) is 17.7. The fourth-order valence-corrected chi connectivity index (χ4v) is 4.05. The summed E-state index contributed by atoms with van der Waals surface area (Å²) in [6.45, 7) is 0.168. The maximum Gasteiger partial charge on any atom is 0.264 e. The summed E-state index contributed by atoms with van der Waals surface area (Å²) in [5.41, 5.74) is 2.07. The minimum absolute atomic E-state index is 0.168. The van der Waals surface area contributed by atoms with Crippen molar-refractivity contribution in [1.29, 1.82) is 0 Å². The third kappa shape index (κ3) is 3.57. The Balaban J connectivity index is 2.10. The minimum Gasteiger partial charge on any atom is -0.262 e. The number of sulfonamides is 1. The Labute approximate surface area is 148 Å². The van der Waals surface area contributed by atoms with E-state index in [2.05, 4.69) is 5.92 Å². The number of terminal acetylenes is 1. The van der Waals surface area contributed by atoms with Crippen LogP contribution in [-0.4, -0.2) is 8.42 Å². The van der Waals surface area contributed by atoms with Gasteiger partial charge in [0.15, 0.2) is 0 Å². The van der Waals surface area contributed by atoms with E-state index in [0.717, 1.165) is 5.56 Å². The van der Waals surface area contributed by atoms with E-state index in [9.17, 15) is 8.42 Å². The molecule has 3 aromatic rings. The van der Waals surface area contributed by atoms with Gasteiger partial charge >= 0.3 is 0 Å². The summed E-state index contributed by atoms with van der Waals surface area (Å²) in [5, 5.41) is 0. The van der Waals surface area contributed by atoms with Crippen LogP contribution in [0.4, 0.5) is 5.69 Å². The van der Waals surface area contributed by atoms with E-state index in [1.54, 1.807) is 42.5 Å². The van der Waals surface area contributed by atoms with Crippen LogP contribution in [0.3, 0.4) is 0 Å². The molecule has 0 aliphatic carbocycles. The number of anilines is 1. The molecule has 0 spiro atoms. The quantitative estimate of drug-likeness (QED) is 0.653. The van der Waals surface area contributed by atoms with E-state index in [4.69, 9.17) is 6.42 Å². The van der Waals surface area contributed by atoms with Crippen LogP contribution in [0.2, 0.25) is 0 Å². The highest BCUT2D eigenvalue weighted by Gasteiger charge is 2.25. The first kappa shape index (κ1) is 16.8. The van der Waals surface area contributed by atoms with E-state index in [-0.39, 0.29) is 11.4 Å². The molecule has 0 aromatic heterocycles. The second-order valence-corrected chi connectivity index (χ2v) is 7.32.